The molecule has 1 aliphatic heterocycles. The average Bonchev–Trinajstić information content (AvgIpc) is 2.79. The smallest absolute Gasteiger partial charge is 0.253 e. The average molecular weight is 294 g/mol. The van der Waals surface area contributed by atoms with Crippen molar-refractivity contribution < 1.29 is 14.4 Å². The highest BCUT2D eigenvalue weighted by molar-refractivity contribution is 6.12. The van der Waals surface area contributed by atoms with Gasteiger partial charge in [0.05, 0.1) is 0 Å². The minimum Gasteiger partial charge on any atom is -0.343 e. The highest BCUT2D eigenvalue weighted by Crippen LogP contribution is 2.09. The van der Waals surface area contributed by atoms with Crippen molar-refractivity contribution in [2.75, 3.05) is 19.6 Å². The molecule has 21 heavy (non-hydrogen) atoms. The molecular weight excluding hydrogens is 268 g/mol. The third-order valence-corrected chi connectivity index (χ3v) is 3.69. The van der Waals surface area contributed by atoms with Crippen LogP contribution in [0.4, 0.5) is 0 Å². The molecule has 5 heteroatoms. The highest BCUT2D eigenvalue weighted by Gasteiger charge is 2.22. The zero-order valence-electron chi connectivity index (χ0n) is 13.1. The van der Waals surface area contributed by atoms with E-state index in [-0.39, 0.29) is 17.7 Å². The third-order valence-electron chi connectivity index (χ3n) is 3.69. The number of imide groups is 1. The van der Waals surface area contributed by atoms with Crippen molar-refractivity contribution >= 4 is 17.7 Å². The summed E-state index contributed by atoms with van der Waals surface area (Å²) in [4.78, 5) is 37.8. The SMILES string of the molecule is CCCCN(CC)C(=O)CCCCCN1C(=O)C=CC1=O. The van der Waals surface area contributed by atoms with E-state index in [0.717, 1.165) is 45.2 Å². The minimum atomic E-state index is -0.229. The lowest BCUT2D eigenvalue weighted by molar-refractivity contribution is -0.137. The van der Waals surface area contributed by atoms with Gasteiger partial charge in [-0.1, -0.05) is 19.8 Å². The predicted molar refractivity (Wildman–Crippen MR) is 81.5 cm³/mol. The van der Waals surface area contributed by atoms with E-state index < -0.39 is 0 Å². The fourth-order valence-corrected chi connectivity index (χ4v) is 2.34. The van der Waals surface area contributed by atoms with Crippen molar-refractivity contribution in [2.24, 2.45) is 0 Å². The first-order chi connectivity index (χ1) is 10.1. The van der Waals surface area contributed by atoms with Crippen LogP contribution in [0, 0.1) is 0 Å². The van der Waals surface area contributed by atoms with Crippen LogP contribution in [-0.2, 0) is 14.4 Å². The normalized spacial score (nSPS) is 14.1. The fraction of sp³-hybridized carbons (Fsp3) is 0.688. The number of unbranched alkanes of at least 4 members (excludes halogenated alkanes) is 3. The number of amides is 3. The van der Waals surface area contributed by atoms with E-state index in [0.29, 0.717) is 13.0 Å². The summed E-state index contributed by atoms with van der Waals surface area (Å²) in [6, 6.07) is 0. The Bertz CT molecular complexity index is 386. The molecule has 0 aromatic heterocycles. The summed E-state index contributed by atoms with van der Waals surface area (Å²) < 4.78 is 0. The Hall–Kier alpha value is -1.65. The van der Waals surface area contributed by atoms with Crippen LogP contribution in [0.1, 0.15) is 52.4 Å². The molecule has 0 saturated heterocycles. The predicted octanol–water partition coefficient (Wildman–Crippen LogP) is 2.12. The Morgan fingerprint density at radius 1 is 1.05 bits per heavy atom. The van der Waals surface area contributed by atoms with Crippen molar-refractivity contribution in [3.05, 3.63) is 12.2 Å². The van der Waals surface area contributed by atoms with E-state index in [1.165, 1.54) is 17.1 Å². The monoisotopic (exact) mass is 294 g/mol. The number of hydrogen-bond acceptors (Lipinski definition) is 3. The maximum atomic E-state index is 12.0. The standard InChI is InChI=1S/C16H26N2O3/c1-3-5-12-17(4-2)14(19)9-7-6-8-13-18-15(20)10-11-16(18)21/h10-11H,3-9,12-13H2,1-2H3. The van der Waals surface area contributed by atoms with Crippen LogP contribution in [0.5, 0.6) is 0 Å². The van der Waals surface area contributed by atoms with Crippen LogP contribution in [0.3, 0.4) is 0 Å². The third kappa shape index (κ3) is 5.69. The van der Waals surface area contributed by atoms with Gasteiger partial charge >= 0.3 is 0 Å². The molecule has 0 radical (unpaired) electrons. The Balaban J connectivity index is 2.14. The molecule has 118 valence electrons. The van der Waals surface area contributed by atoms with E-state index >= 15 is 0 Å². The molecule has 5 nitrogen and oxygen atoms in total. The second-order valence-corrected chi connectivity index (χ2v) is 5.30. The molecular formula is C16H26N2O3. The molecule has 0 fully saturated rings. The Kier molecular flexibility index (Phi) is 7.72. The number of rotatable bonds is 10. The summed E-state index contributed by atoms with van der Waals surface area (Å²) in [5, 5.41) is 0. The Labute approximate surface area is 127 Å². The zero-order valence-corrected chi connectivity index (χ0v) is 13.1. The zero-order chi connectivity index (χ0) is 15.7. The van der Waals surface area contributed by atoms with Crippen LogP contribution in [0.25, 0.3) is 0 Å². The minimum absolute atomic E-state index is 0.209. The molecule has 0 saturated carbocycles. The Morgan fingerprint density at radius 2 is 1.71 bits per heavy atom. The number of nitrogens with zero attached hydrogens (tertiary/aromatic N) is 2. The van der Waals surface area contributed by atoms with Gasteiger partial charge in [0.1, 0.15) is 0 Å². The molecule has 0 aromatic carbocycles. The second-order valence-electron chi connectivity index (χ2n) is 5.30. The Morgan fingerprint density at radius 3 is 2.29 bits per heavy atom. The van der Waals surface area contributed by atoms with Crippen molar-refractivity contribution in [1.82, 2.24) is 9.80 Å². The van der Waals surface area contributed by atoms with Crippen LogP contribution in [0.15, 0.2) is 12.2 Å². The molecule has 3 amide bonds. The van der Waals surface area contributed by atoms with Gasteiger partial charge in [-0.2, -0.15) is 0 Å². The van der Waals surface area contributed by atoms with Gasteiger partial charge in [-0.05, 0) is 26.2 Å². The van der Waals surface area contributed by atoms with Gasteiger partial charge in [0, 0.05) is 38.2 Å². The van der Waals surface area contributed by atoms with E-state index in [1.807, 2.05) is 11.8 Å². The van der Waals surface area contributed by atoms with Crippen molar-refractivity contribution in [2.45, 2.75) is 52.4 Å². The van der Waals surface area contributed by atoms with Crippen LogP contribution < -0.4 is 0 Å². The van der Waals surface area contributed by atoms with Gasteiger partial charge in [0.25, 0.3) is 11.8 Å². The van der Waals surface area contributed by atoms with Gasteiger partial charge in [-0.15, -0.1) is 0 Å². The highest BCUT2D eigenvalue weighted by atomic mass is 16.2. The first-order valence-corrected chi connectivity index (χ1v) is 7.91. The second kappa shape index (κ2) is 9.32. The molecule has 1 rings (SSSR count). The maximum Gasteiger partial charge on any atom is 0.253 e. The largest absolute Gasteiger partial charge is 0.343 e. The lowest BCUT2D eigenvalue weighted by atomic mass is 10.1. The number of carbonyl (C=O) groups excluding carboxylic acids is 3. The summed E-state index contributed by atoms with van der Waals surface area (Å²) in [7, 11) is 0. The fourth-order valence-electron chi connectivity index (χ4n) is 2.34. The molecule has 0 spiro atoms. The number of hydrogen-bond donors (Lipinski definition) is 0. The first-order valence-electron chi connectivity index (χ1n) is 7.91. The van der Waals surface area contributed by atoms with E-state index in [4.69, 9.17) is 0 Å². The molecule has 0 aromatic rings. The molecule has 1 heterocycles. The quantitative estimate of drug-likeness (QED) is 0.458. The van der Waals surface area contributed by atoms with Crippen molar-refractivity contribution in [1.29, 1.82) is 0 Å². The van der Waals surface area contributed by atoms with Crippen LogP contribution in [0.2, 0.25) is 0 Å². The summed E-state index contributed by atoms with van der Waals surface area (Å²) in [6.07, 6.45) is 7.73. The van der Waals surface area contributed by atoms with Gasteiger partial charge < -0.3 is 4.90 Å². The molecule has 0 unspecified atom stereocenters. The number of carbonyl (C=O) groups is 3. The topological polar surface area (TPSA) is 57.7 Å². The summed E-state index contributed by atoms with van der Waals surface area (Å²) >= 11 is 0. The van der Waals surface area contributed by atoms with Gasteiger partial charge in [0.15, 0.2) is 0 Å². The molecule has 0 bridgehead atoms. The molecule has 1 aliphatic rings. The van der Waals surface area contributed by atoms with Crippen LogP contribution in [-0.4, -0.2) is 47.2 Å². The van der Waals surface area contributed by atoms with E-state index in [1.54, 1.807) is 0 Å². The molecule has 0 aliphatic carbocycles. The van der Waals surface area contributed by atoms with Gasteiger partial charge in [0.2, 0.25) is 5.91 Å². The van der Waals surface area contributed by atoms with Crippen molar-refractivity contribution in [3.63, 3.8) is 0 Å². The lowest BCUT2D eigenvalue weighted by Crippen LogP contribution is -2.32. The molecule has 0 atom stereocenters. The van der Waals surface area contributed by atoms with Crippen molar-refractivity contribution in [3.8, 4) is 0 Å². The maximum absolute atomic E-state index is 12.0. The lowest BCUT2D eigenvalue weighted by Gasteiger charge is -2.20. The summed E-state index contributed by atoms with van der Waals surface area (Å²) in [5.41, 5.74) is 0. The summed E-state index contributed by atoms with van der Waals surface area (Å²) in [5.74, 6) is -0.249. The first kappa shape index (κ1) is 17.4. The van der Waals surface area contributed by atoms with E-state index in [2.05, 4.69) is 6.92 Å². The summed E-state index contributed by atoms with van der Waals surface area (Å²) in [6.45, 7) is 6.18. The molecule has 0 N–H and O–H groups in total. The van der Waals surface area contributed by atoms with Crippen LogP contribution >= 0.6 is 0 Å². The van der Waals surface area contributed by atoms with Gasteiger partial charge in [-0.3, -0.25) is 19.3 Å². The van der Waals surface area contributed by atoms with E-state index in [9.17, 15) is 14.4 Å². The van der Waals surface area contributed by atoms with Gasteiger partial charge in [-0.25, -0.2) is 0 Å².